The van der Waals surface area contributed by atoms with Gasteiger partial charge in [0.15, 0.2) is 6.54 Å². The van der Waals surface area contributed by atoms with E-state index in [4.69, 9.17) is 21.1 Å². The van der Waals surface area contributed by atoms with Gasteiger partial charge in [0.25, 0.3) is 0 Å². The van der Waals surface area contributed by atoms with Crippen molar-refractivity contribution in [2.45, 2.75) is 0 Å². The van der Waals surface area contributed by atoms with Gasteiger partial charge in [-0.3, -0.25) is 4.79 Å². The number of nitrogens with zero attached hydrogens (tertiary/aromatic N) is 1. The van der Waals surface area contributed by atoms with Gasteiger partial charge in [-0.25, -0.2) is 0 Å². The zero-order chi connectivity index (χ0) is 13.5. The number of carboxylic acid groups (broad SMARTS) is 1. The number of aliphatic carboxylic acids is 1. The van der Waals surface area contributed by atoms with Crippen LogP contribution in [0.5, 0.6) is 0 Å². The Morgan fingerprint density at radius 2 is 2.06 bits per heavy atom. The van der Waals surface area contributed by atoms with Crippen molar-refractivity contribution in [2.24, 2.45) is 4.36 Å². The molecule has 2 aromatic rings. The van der Waals surface area contributed by atoms with E-state index < -0.39 is 23.0 Å². The predicted octanol–water partition coefficient (Wildman–Crippen LogP) is 2.22. The molecule has 1 N–H and O–H groups in total. The zero-order valence-corrected chi connectivity index (χ0v) is 10.5. The van der Waals surface area contributed by atoms with Crippen LogP contribution in [0.2, 0.25) is 5.02 Å². The average molecular weight is 290 g/mol. The lowest BCUT2D eigenvalue weighted by Crippen LogP contribution is -1.97. The molecule has 8 heteroatoms. The summed E-state index contributed by atoms with van der Waals surface area (Å²) in [5, 5.41) is 9.45. The Labute approximate surface area is 108 Å². The minimum absolute atomic E-state index is 0.676. The second-order valence-electron chi connectivity index (χ2n) is 2.98. The third kappa shape index (κ3) is 4.56. The smallest absolute Gasteiger partial charge is 0.326 e. The van der Waals surface area contributed by atoms with Gasteiger partial charge in [0.05, 0.1) is 5.02 Å². The van der Waals surface area contributed by atoms with Crippen molar-refractivity contribution in [3.05, 3.63) is 35.6 Å². The van der Waals surface area contributed by atoms with Gasteiger partial charge in [-0.2, -0.15) is 12.8 Å². The molecular weight excluding hydrogens is 282 g/mol. The highest BCUT2D eigenvalue weighted by Gasteiger charge is 1.99. The molecule has 0 aliphatic carbocycles. The van der Waals surface area contributed by atoms with E-state index in [-0.39, 0.29) is 0 Å². The van der Waals surface area contributed by atoms with Crippen LogP contribution < -0.4 is 0 Å². The van der Waals surface area contributed by atoms with E-state index in [0.717, 1.165) is 11.0 Å². The second kappa shape index (κ2) is 6.77. The van der Waals surface area contributed by atoms with Crippen LogP contribution in [0.25, 0.3) is 11.0 Å². The topological polar surface area (TPSA) is 96.9 Å². The molecule has 0 saturated carbocycles. The van der Waals surface area contributed by atoms with E-state index in [0.29, 0.717) is 5.02 Å². The molecule has 0 aliphatic rings. The molecule has 0 aliphatic heterocycles. The number of carbonyl (C=O) groups is 1. The van der Waals surface area contributed by atoms with Crippen LogP contribution in [0, 0.1) is 0 Å². The van der Waals surface area contributed by atoms with Crippen molar-refractivity contribution >= 4 is 39.0 Å². The fraction of sp³-hybridized carbons (Fsp3) is 0.100. The minimum Gasteiger partial charge on any atom is -0.480 e. The Kier molecular flexibility index (Phi) is 5.34. The fourth-order valence-corrected chi connectivity index (χ4v) is 1.47. The normalized spacial score (nSPS) is 9.39. The van der Waals surface area contributed by atoms with Crippen molar-refractivity contribution in [2.75, 3.05) is 6.54 Å². The summed E-state index contributed by atoms with van der Waals surface area (Å²) in [5.74, 6) is -1.26. The van der Waals surface area contributed by atoms with E-state index in [1.807, 2.05) is 24.3 Å². The Balaban J connectivity index is 0.000000187. The third-order valence-corrected chi connectivity index (χ3v) is 2.37. The van der Waals surface area contributed by atoms with Gasteiger partial charge in [-0.05, 0) is 12.1 Å². The molecule has 1 heterocycles. The maximum absolute atomic E-state index is 9.54. The van der Waals surface area contributed by atoms with Crippen LogP contribution in [0.15, 0.2) is 39.3 Å². The van der Waals surface area contributed by atoms with Crippen molar-refractivity contribution in [1.82, 2.24) is 0 Å². The van der Waals surface area contributed by atoms with Crippen LogP contribution in [0.1, 0.15) is 0 Å². The summed E-state index contributed by atoms with van der Waals surface area (Å²) in [5.41, 5.74) is 0.840. The van der Waals surface area contributed by atoms with Gasteiger partial charge in [-0.1, -0.05) is 23.7 Å². The lowest BCUT2D eigenvalue weighted by atomic mass is 10.3. The predicted molar refractivity (Wildman–Crippen MR) is 65.1 cm³/mol. The molecular formula is C10H8ClNO5S. The Hall–Kier alpha value is -1.86. The van der Waals surface area contributed by atoms with Gasteiger partial charge in [-0.15, -0.1) is 0 Å². The van der Waals surface area contributed by atoms with Gasteiger partial charge in [0.1, 0.15) is 11.8 Å². The number of para-hydroxylation sites is 1. The first-order valence-corrected chi connectivity index (χ1v) is 6.02. The maximum atomic E-state index is 9.54. The van der Waals surface area contributed by atoms with Gasteiger partial charge < -0.3 is 9.52 Å². The quantitative estimate of drug-likeness (QED) is 0.914. The number of halogens is 1. The number of fused-ring (bicyclic) bond motifs is 1. The molecule has 1 aromatic carbocycles. The highest BCUT2D eigenvalue weighted by Crippen LogP contribution is 2.24. The summed E-state index contributed by atoms with van der Waals surface area (Å²) in [7, 11) is -2.59. The van der Waals surface area contributed by atoms with E-state index >= 15 is 0 Å². The van der Waals surface area contributed by atoms with Crippen LogP contribution >= 0.6 is 11.6 Å². The van der Waals surface area contributed by atoms with Crippen molar-refractivity contribution in [3.8, 4) is 0 Å². The van der Waals surface area contributed by atoms with Crippen LogP contribution in [-0.4, -0.2) is 26.0 Å². The lowest BCUT2D eigenvalue weighted by Gasteiger charge is -1.83. The molecule has 0 atom stereocenters. The molecule has 18 heavy (non-hydrogen) atoms. The highest BCUT2D eigenvalue weighted by molar-refractivity contribution is 7.61. The van der Waals surface area contributed by atoms with Crippen LogP contribution in [0.3, 0.4) is 0 Å². The molecule has 0 amide bonds. The molecule has 96 valence electrons. The van der Waals surface area contributed by atoms with Crippen molar-refractivity contribution < 1.29 is 22.7 Å². The standard InChI is InChI=1S/C8H5ClO.C2H3NO4S/c9-7-5-10-8-4-2-1-3-6(7)8;4-2(5)1-3-8(6)7/h1-5H;1H2,(H,4,5). The Morgan fingerprint density at radius 1 is 1.39 bits per heavy atom. The number of rotatable bonds is 2. The number of carboxylic acids is 1. The zero-order valence-electron chi connectivity index (χ0n) is 8.91. The summed E-state index contributed by atoms with van der Waals surface area (Å²) >= 11 is 5.78. The van der Waals surface area contributed by atoms with Crippen LogP contribution in [0.4, 0.5) is 0 Å². The number of hydrogen-bond acceptors (Lipinski definition) is 5. The lowest BCUT2D eigenvalue weighted by molar-refractivity contribution is -0.135. The van der Waals surface area contributed by atoms with Crippen molar-refractivity contribution in [1.29, 1.82) is 0 Å². The van der Waals surface area contributed by atoms with Gasteiger partial charge >= 0.3 is 16.5 Å². The van der Waals surface area contributed by atoms with E-state index in [1.165, 1.54) is 0 Å². The molecule has 0 fully saturated rings. The summed E-state index contributed by atoms with van der Waals surface area (Å²) in [6.45, 7) is -0.684. The largest absolute Gasteiger partial charge is 0.480 e. The van der Waals surface area contributed by atoms with Gasteiger partial charge in [0, 0.05) is 5.39 Å². The maximum Gasteiger partial charge on any atom is 0.326 e. The molecule has 0 radical (unpaired) electrons. The summed E-state index contributed by atoms with van der Waals surface area (Å²) in [6.07, 6.45) is 1.55. The molecule has 2 rings (SSSR count). The number of benzene rings is 1. The fourth-order valence-electron chi connectivity index (χ4n) is 1.05. The molecule has 0 saturated heterocycles. The Bertz CT molecular complexity index is 668. The summed E-state index contributed by atoms with van der Waals surface area (Å²) in [4.78, 5) is 9.54. The van der Waals surface area contributed by atoms with Crippen LogP contribution in [-0.2, 0) is 15.3 Å². The van der Waals surface area contributed by atoms with E-state index in [1.54, 1.807) is 6.26 Å². The van der Waals surface area contributed by atoms with Gasteiger partial charge in [0.2, 0.25) is 0 Å². The number of hydrogen-bond donors (Lipinski definition) is 1. The second-order valence-corrected chi connectivity index (χ2v) is 4.08. The monoisotopic (exact) mass is 289 g/mol. The summed E-state index contributed by atoms with van der Waals surface area (Å²) < 4.78 is 26.7. The molecule has 0 spiro atoms. The average Bonchev–Trinajstić information content (AvgIpc) is 2.70. The SMILES string of the molecule is Clc1coc2ccccc12.O=C(O)CN=S(=O)=O. The third-order valence-electron chi connectivity index (χ3n) is 1.74. The highest BCUT2D eigenvalue weighted by atomic mass is 35.5. The molecule has 0 unspecified atom stereocenters. The van der Waals surface area contributed by atoms with E-state index in [9.17, 15) is 13.2 Å². The molecule has 6 nitrogen and oxygen atoms in total. The number of furan rings is 1. The first-order chi connectivity index (χ1) is 8.50. The van der Waals surface area contributed by atoms with E-state index in [2.05, 4.69) is 4.36 Å². The Morgan fingerprint density at radius 3 is 2.56 bits per heavy atom. The summed E-state index contributed by atoms with van der Waals surface area (Å²) in [6, 6.07) is 7.67. The molecule has 1 aromatic heterocycles. The first-order valence-electron chi connectivity index (χ1n) is 4.61. The minimum atomic E-state index is -2.59. The molecule has 0 bridgehead atoms. The first kappa shape index (κ1) is 14.2. The van der Waals surface area contributed by atoms with Crippen molar-refractivity contribution in [3.63, 3.8) is 0 Å².